The van der Waals surface area contributed by atoms with Crippen molar-refractivity contribution in [3.63, 3.8) is 0 Å². The Labute approximate surface area is 118 Å². The fourth-order valence-corrected chi connectivity index (χ4v) is 2.71. The molecule has 0 bridgehead atoms. The van der Waals surface area contributed by atoms with E-state index in [1.807, 2.05) is 31.2 Å². The van der Waals surface area contributed by atoms with Crippen molar-refractivity contribution in [3.05, 3.63) is 59.4 Å². The molecule has 0 saturated heterocycles. The van der Waals surface area contributed by atoms with Crippen LogP contribution < -0.4 is 5.32 Å². The van der Waals surface area contributed by atoms with Gasteiger partial charge in [0.15, 0.2) is 0 Å². The van der Waals surface area contributed by atoms with Crippen molar-refractivity contribution in [3.8, 4) is 0 Å². The van der Waals surface area contributed by atoms with Crippen LogP contribution in [0.2, 0.25) is 0 Å². The predicted molar refractivity (Wildman–Crippen MR) is 81.3 cm³/mol. The van der Waals surface area contributed by atoms with Crippen LogP contribution in [0.25, 0.3) is 0 Å². The summed E-state index contributed by atoms with van der Waals surface area (Å²) in [6.45, 7) is 4.61. The minimum Gasteiger partial charge on any atom is -0.380 e. The second-order valence-corrected chi connectivity index (χ2v) is 5.68. The molecule has 0 amide bonds. The molecule has 3 heteroatoms. The Hall–Kier alpha value is -1.48. The Balaban J connectivity index is 2.12. The summed E-state index contributed by atoms with van der Waals surface area (Å²) in [6, 6.07) is 13.3. The lowest BCUT2D eigenvalue weighted by molar-refractivity contribution is 0.612. The van der Waals surface area contributed by atoms with Crippen molar-refractivity contribution in [1.82, 2.24) is 0 Å². The number of thioether (sulfide) groups is 1. The third-order valence-electron chi connectivity index (χ3n) is 2.86. The molecule has 0 aliphatic carbocycles. The van der Waals surface area contributed by atoms with Gasteiger partial charge in [-0.05, 0) is 30.9 Å². The average molecular weight is 275 g/mol. The molecule has 2 aromatic carbocycles. The Bertz CT molecular complexity index is 554. The lowest BCUT2D eigenvalue weighted by Gasteiger charge is -2.12. The van der Waals surface area contributed by atoms with Crippen molar-refractivity contribution in [1.29, 1.82) is 0 Å². The van der Waals surface area contributed by atoms with Gasteiger partial charge in [0.25, 0.3) is 0 Å². The van der Waals surface area contributed by atoms with Crippen LogP contribution in [-0.4, -0.2) is 5.75 Å². The van der Waals surface area contributed by atoms with E-state index in [-0.39, 0.29) is 5.82 Å². The van der Waals surface area contributed by atoms with Crippen LogP contribution in [0.4, 0.5) is 10.1 Å². The molecule has 2 rings (SSSR count). The number of halogens is 1. The zero-order valence-corrected chi connectivity index (χ0v) is 12.1. The molecule has 0 fully saturated rings. The van der Waals surface area contributed by atoms with Gasteiger partial charge in [-0.15, -0.1) is 11.8 Å². The monoisotopic (exact) mass is 275 g/mol. The van der Waals surface area contributed by atoms with Crippen molar-refractivity contribution < 1.29 is 4.39 Å². The number of hydrogen-bond acceptors (Lipinski definition) is 2. The first kappa shape index (κ1) is 13.9. The fourth-order valence-electron chi connectivity index (χ4n) is 1.92. The van der Waals surface area contributed by atoms with Crippen LogP contribution in [0.3, 0.4) is 0 Å². The molecule has 0 atom stereocenters. The molecular weight excluding hydrogens is 257 g/mol. The Morgan fingerprint density at radius 3 is 2.74 bits per heavy atom. The van der Waals surface area contributed by atoms with Crippen LogP contribution in [0.1, 0.15) is 18.1 Å². The maximum Gasteiger partial charge on any atom is 0.128 e. The molecule has 0 unspecified atom stereocenters. The average Bonchev–Trinajstić information content (AvgIpc) is 2.42. The summed E-state index contributed by atoms with van der Waals surface area (Å²) >= 11 is 1.79. The molecule has 1 N–H and O–H groups in total. The first-order chi connectivity index (χ1) is 9.20. The summed E-state index contributed by atoms with van der Waals surface area (Å²) in [6.07, 6.45) is 0. The normalized spacial score (nSPS) is 10.5. The predicted octanol–water partition coefficient (Wildman–Crippen LogP) is 4.86. The van der Waals surface area contributed by atoms with Gasteiger partial charge in [-0.2, -0.15) is 0 Å². The Kier molecular flexibility index (Phi) is 4.86. The third-order valence-corrected chi connectivity index (χ3v) is 3.81. The molecule has 0 heterocycles. The number of aryl methyl sites for hydroxylation is 1. The van der Waals surface area contributed by atoms with E-state index in [9.17, 15) is 4.39 Å². The quantitative estimate of drug-likeness (QED) is 0.782. The summed E-state index contributed by atoms with van der Waals surface area (Å²) in [5, 5.41) is 3.32. The van der Waals surface area contributed by atoms with E-state index in [4.69, 9.17) is 0 Å². The van der Waals surface area contributed by atoms with E-state index < -0.39 is 0 Å². The van der Waals surface area contributed by atoms with Gasteiger partial charge in [-0.1, -0.05) is 36.8 Å². The van der Waals surface area contributed by atoms with Crippen LogP contribution in [0.15, 0.2) is 47.4 Å². The number of nitrogens with one attached hydrogen (secondary N) is 1. The molecule has 19 heavy (non-hydrogen) atoms. The van der Waals surface area contributed by atoms with E-state index in [1.54, 1.807) is 17.8 Å². The van der Waals surface area contributed by atoms with Gasteiger partial charge in [-0.3, -0.25) is 0 Å². The minimum absolute atomic E-state index is 0.154. The van der Waals surface area contributed by atoms with E-state index in [0.29, 0.717) is 12.1 Å². The maximum atomic E-state index is 13.7. The first-order valence-electron chi connectivity index (χ1n) is 6.41. The second-order valence-electron chi connectivity index (χ2n) is 4.38. The molecule has 1 nitrogen and oxygen atoms in total. The van der Waals surface area contributed by atoms with Gasteiger partial charge in [0.05, 0.1) is 0 Å². The molecule has 0 radical (unpaired) electrons. The number of para-hydroxylation sites is 1. The highest BCUT2D eigenvalue weighted by atomic mass is 32.2. The SMILES string of the molecule is CCSc1ccccc1NCc1cc(C)ccc1F. The Morgan fingerprint density at radius 1 is 1.16 bits per heavy atom. The fraction of sp³-hybridized carbons (Fsp3) is 0.250. The van der Waals surface area contributed by atoms with Crippen LogP contribution >= 0.6 is 11.8 Å². The lowest BCUT2D eigenvalue weighted by atomic mass is 10.1. The number of benzene rings is 2. The second kappa shape index (κ2) is 6.62. The van der Waals surface area contributed by atoms with Crippen LogP contribution in [0.5, 0.6) is 0 Å². The molecule has 100 valence electrons. The summed E-state index contributed by atoms with van der Waals surface area (Å²) < 4.78 is 13.7. The van der Waals surface area contributed by atoms with Crippen molar-refractivity contribution >= 4 is 17.4 Å². The molecule has 0 aliphatic heterocycles. The maximum absolute atomic E-state index is 13.7. The molecule has 0 saturated carbocycles. The van der Waals surface area contributed by atoms with E-state index in [1.165, 1.54) is 11.0 Å². The topological polar surface area (TPSA) is 12.0 Å². The zero-order valence-electron chi connectivity index (χ0n) is 11.2. The molecule has 0 aromatic heterocycles. The van der Waals surface area contributed by atoms with Crippen LogP contribution in [-0.2, 0) is 6.54 Å². The summed E-state index contributed by atoms with van der Waals surface area (Å²) in [4.78, 5) is 1.21. The molecule has 0 spiro atoms. The number of anilines is 1. The third kappa shape index (κ3) is 3.74. The smallest absolute Gasteiger partial charge is 0.128 e. The molecular formula is C16H18FNS. The Morgan fingerprint density at radius 2 is 1.95 bits per heavy atom. The molecule has 0 aliphatic rings. The van der Waals surface area contributed by atoms with Crippen molar-refractivity contribution in [2.45, 2.75) is 25.3 Å². The first-order valence-corrected chi connectivity index (χ1v) is 7.40. The van der Waals surface area contributed by atoms with Crippen molar-refractivity contribution in [2.75, 3.05) is 11.1 Å². The summed E-state index contributed by atoms with van der Waals surface area (Å²) in [5.74, 6) is 0.871. The molecule has 2 aromatic rings. The largest absolute Gasteiger partial charge is 0.380 e. The van der Waals surface area contributed by atoms with Crippen LogP contribution in [0, 0.1) is 12.7 Å². The highest BCUT2D eigenvalue weighted by Gasteiger charge is 2.04. The van der Waals surface area contributed by atoms with Gasteiger partial charge in [0, 0.05) is 22.7 Å². The highest BCUT2D eigenvalue weighted by Crippen LogP contribution is 2.27. The minimum atomic E-state index is -0.154. The van der Waals surface area contributed by atoms with Gasteiger partial charge in [0.2, 0.25) is 0 Å². The van der Waals surface area contributed by atoms with Gasteiger partial charge in [0.1, 0.15) is 5.82 Å². The standard InChI is InChI=1S/C16H18FNS/c1-3-19-16-7-5-4-6-15(16)18-11-13-10-12(2)8-9-14(13)17/h4-10,18H,3,11H2,1-2H3. The summed E-state index contributed by atoms with van der Waals surface area (Å²) in [5.41, 5.74) is 2.85. The van der Waals surface area contributed by atoms with Gasteiger partial charge < -0.3 is 5.32 Å². The highest BCUT2D eigenvalue weighted by molar-refractivity contribution is 7.99. The van der Waals surface area contributed by atoms with Gasteiger partial charge >= 0.3 is 0 Å². The van der Waals surface area contributed by atoms with E-state index in [2.05, 4.69) is 18.3 Å². The van der Waals surface area contributed by atoms with E-state index >= 15 is 0 Å². The lowest BCUT2D eigenvalue weighted by Crippen LogP contribution is -2.03. The summed E-state index contributed by atoms with van der Waals surface area (Å²) in [7, 11) is 0. The van der Waals surface area contributed by atoms with Gasteiger partial charge in [-0.25, -0.2) is 4.39 Å². The number of rotatable bonds is 5. The van der Waals surface area contributed by atoms with E-state index in [0.717, 1.165) is 17.0 Å². The number of hydrogen-bond donors (Lipinski definition) is 1. The zero-order chi connectivity index (χ0) is 13.7. The van der Waals surface area contributed by atoms with Crippen molar-refractivity contribution in [2.24, 2.45) is 0 Å².